The van der Waals surface area contributed by atoms with Crippen LogP contribution in [0.3, 0.4) is 0 Å². The fraction of sp³-hybridized carbons (Fsp3) is 0.500. The van der Waals surface area contributed by atoms with E-state index in [2.05, 4.69) is 84.9 Å². The van der Waals surface area contributed by atoms with Crippen LogP contribution in [0, 0.1) is 0 Å². The molecule has 0 aliphatic rings. The van der Waals surface area contributed by atoms with Gasteiger partial charge in [-0.15, -0.1) is 0 Å². The highest BCUT2D eigenvalue weighted by atomic mass is 79.9. The third-order valence-electron chi connectivity index (χ3n) is 6.54. The third-order valence-corrected chi connectivity index (χ3v) is 7.27. The molecule has 0 unspecified atom stereocenters. The van der Waals surface area contributed by atoms with Crippen LogP contribution in [-0.2, 0) is 12.8 Å². The zero-order valence-electron chi connectivity index (χ0n) is 21.2. The number of aryl methyl sites for hydroxylation is 2. The molecule has 0 aliphatic carbocycles. The van der Waals surface area contributed by atoms with Crippen LogP contribution in [0.4, 0.5) is 0 Å². The van der Waals surface area contributed by atoms with E-state index < -0.39 is 0 Å². The monoisotopic (exact) mass is 508 g/mol. The van der Waals surface area contributed by atoms with E-state index >= 15 is 0 Å². The molecule has 0 N–H and O–H groups in total. The highest BCUT2D eigenvalue weighted by molar-refractivity contribution is 9.10. The van der Waals surface area contributed by atoms with E-state index in [1.165, 1.54) is 116 Å². The maximum Gasteiger partial charge on any atom is 0.0210 e. The Morgan fingerprint density at radius 3 is 1.73 bits per heavy atom. The van der Waals surface area contributed by atoms with Gasteiger partial charge in [-0.3, -0.25) is 0 Å². The van der Waals surface area contributed by atoms with E-state index in [-0.39, 0.29) is 0 Å². The molecule has 0 heterocycles. The van der Waals surface area contributed by atoms with Crippen LogP contribution in [0.5, 0.6) is 0 Å². The summed E-state index contributed by atoms with van der Waals surface area (Å²) in [7, 11) is 0. The number of hydrogen-bond donors (Lipinski definition) is 0. The normalized spacial score (nSPS) is 11.4. The number of rotatable bonds is 17. The smallest absolute Gasteiger partial charge is 0.0210 e. The molecule has 1 heteroatoms. The van der Waals surface area contributed by atoms with E-state index in [1.807, 2.05) is 6.08 Å². The topological polar surface area (TPSA) is 0 Å². The van der Waals surface area contributed by atoms with Crippen LogP contribution in [0.25, 0.3) is 18.2 Å². The SMILES string of the molecule is C=Cc1ccc(C=Cc2cc(CCCCCCCC)c(Br)cc2CCCCCCCC)cc1. The first-order valence-electron chi connectivity index (χ1n) is 13.4. The minimum Gasteiger partial charge on any atom is -0.0985 e. The molecule has 2 aromatic rings. The molecule has 0 saturated heterocycles. The summed E-state index contributed by atoms with van der Waals surface area (Å²) >= 11 is 3.90. The summed E-state index contributed by atoms with van der Waals surface area (Å²) < 4.78 is 1.30. The second kappa shape index (κ2) is 16.9. The number of unbranched alkanes of at least 4 members (excludes halogenated alkanes) is 10. The van der Waals surface area contributed by atoms with Crippen LogP contribution >= 0.6 is 15.9 Å². The minimum atomic E-state index is 1.16. The summed E-state index contributed by atoms with van der Waals surface area (Å²) in [6.07, 6.45) is 24.9. The maximum absolute atomic E-state index is 3.90. The summed E-state index contributed by atoms with van der Waals surface area (Å²) in [5, 5.41) is 0. The summed E-state index contributed by atoms with van der Waals surface area (Å²) in [5.74, 6) is 0. The first kappa shape index (κ1) is 27.6. The van der Waals surface area contributed by atoms with Gasteiger partial charge in [0, 0.05) is 4.47 Å². The van der Waals surface area contributed by atoms with Gasteiger partial charge in [-0.2, -0.15) is 0 Å². The van der Waals surface area contributed by atoms with Gasteiger partial charge in [0.05, 0.1) is 0 Å². The van der Waals surface area contributed by atoms with Crippen LogP contribution in [0.1, 0.15) is 119 Å². The van der Waals surface area contributed by atoms with Crippen molar-refractivity contribution in [3.05, 3.63) is 75.3 Å². The molecular weight excluding hydrogens is 464 g/mol. The second-order valence-electron chi connectivity index (χ2n) is 9.38. The molecule has 0 bridgehead atoms. The minimum absolute atomic E-state index is 1.16. The van der Waals surface area contributed by atoms with Crippen LogP contribution in [0.2, 0.25) is 0 Å². The van der Waals surface area contributed by atoms with Gasteiger partial charge in [0.25, 0.3) is 0 Å². The zero-order valence-corrected chi connectivity index (χ0v) is 22.8. The van der Waals surface area contributed by atoms with Crippen molar-refractivity contribution < 1.29 is 0 Å². The molecule has 2 aromatic carbocycles. The maximum atomic E-state index is 3.90. The average Bonchev–Trinajstić information content (AvgIpc) is 2.84. The first-order valence-corrected chi connectivity index (χ1v) is 14.2. The van der Waals surface area contributed by atoms with E-state index in [4.69, 9.17) is 0 Å². The van der Waals surface area contributed by atoms with Crippen LogP contribution in [-0.4, -0.2) is 0 Å². The number of benzene rings is 2. The Bertz CT molecular complexity index is 828. The lowest BCUT2D eigenvalue weighted by molar-refractivity contribution is 0.605. The second-order valence-corrected chi connectivity index (χ2v) is 10.2. The van der Waals surface area contributed by atoms with Crippen molar-refractivity contribution in [2.24, 2.45) is 0 Å². The lowest BCUT2D eigenvalue weighted by atomic mass is 9.95. The van der Waals surface area contributed by atoms with Gasteiger partial charge >= 0.3 is 0 Å². The Kier molecular flexibility index (Phi) is 14.2. The zero-order chi connectivity index (χ0) is 23.7. The first-order chi connectivity index (χ1) is 16.2. The van der Waals surface area contributed by atoms with Crippen molar-refractivity contribution in [1.82, 2.24) is 0 Å². The number of halogens is 1. The highest BCUT2D eigenvalue weighted by Gasteiger charge is 2.08. The molecule has 180 valence electrons. The van der Waals surface area contributed by atoms with Crippen molar-refractivity contribution in [3.8, 4) is 0 Å². The molecule has 0 saturated carbocycles. The van der Waals surface area contributed by atoms with Gasteiger partial charge in [-0.25, -0.2) is 0 Å². The van der Waals surface area contributed by atoms with Crippen molar-refractivity contribution in [1.29, 1.82) is 0 Å². The fourth-order valence-electron chi connectivity index (χ4n) is 4.36. The molecule has 0 atom stereocenters. The molecule has 0 aliphatic heterocycles. The third kappa shape index (κ3) is 10.9. The molecule has 0 aromatic heterocycles. The van der Waals surface area contributed by atoms with Gasteiger partial charge < -0.3 is 0 Å². The summed E-state index contributed by atoms with van der Waals surface area (Å²) in [4.78, 5) is 0. The van der Waals surface area contributed by atoms with Gasteiger partial charge in [0.2, 0.25) is 0 Å². The molecule has 0 radical (unpaired) electrons. The van der Waals surface area contributed by atoms with Crippen LogP contribution in [0.15, 0.2) is 47.4 Å². The van der Waals surface area contributed by atoms with E-state index in [1.54, 1.807) is 0 Å². The molecule has 33 heavy (non-hydrogen) atoms. The average molecular weight is 510 g/mol. The lowest BCUT2D eigenvalue weighted by Gasteiger charge is -2.13. The van der Waals surface area contributed by atoms with Gasteiger partial charge in [-0.05, 0) is 59.6 Å². The van der Waals surface area contributed by atoms with Crippen molar-refractivity contribution in [3.63, 3.8) is 0 Å². The molecule has 0 amide bonds. The summed E-state index contributed by atoms with van der Waals surface area (Å²) in [5.41, 5.74) is 6.73. The lowest BCUT2D eigenvalue weighted by Crippen LogP contribution is -1.96. The standard InChI is InChI=1S/C32H45Br/c1-4-7-9-11-13-15-17-29-26-32(33)31(18-16-14-12-10-8-5-2)25-30(29)24-23-28-21-19-27(6-3)20-22-28/h6,19-26H,3-5,7-18H2,1-2H3. The highest BCUT2D eigenvalue weighted by Crippen LogP contribution is 2.27. The molecule has 2 rings (SSSR count). The Morgan fingerprint density at radius 2 is 1.15 bits per heavy atom. The molecule has 0 spiro atoms. The Balaban J connectivity index is 2.08. The Hall–Kier alpha value is -1.60. The summed E-state index contributed by atoms with van der Waals surface area (Å²) in [6, 6.07) is 13.5. The number of hydrogen-bond acceptors (Lipinski definition) is 0. The molecule has 0 fully saturated rings. The van der Waals surface area contributed by atoms with E-state index in [0.29, 0.717) is 0 Å². The van der Waals surface area contributed by atoms with Gasteiger partial charge in [-0.1, -0.05) is 149 Å². The van der Waals surface area contributed by atoms with Crippen LogP contribution < -0.4 is 0 Å². The predicted molar refractivity (Wildman–Crippen MR) is 154 cm³/mol. The Morgan fingerprint density at radius 1 is 0.636 bits per heavy atom. The van der Waals surface area contributed by atoms with E-state index in [0.717, 1.165) is 6.42 Å². The van der Waals surface area contributed by atoms with E-state index in [9.17, 15) is 0 Å². The molecular formula is C32H45Br. The molecule has 0 nitrogen and oxygen atoms in total. The van der Waals surface area contributed by atoms with Crippen molar-refractivity contribution in [2.45, 2.75) is 104 Å². The van der Waals surface area contributed by atoms with Crippen molar-refractivity contribution >= 4 is 34.2 Å². The van der Waals surface area contributed by atoms with Gasteiger partial charge in [0.1, 0.15) is 0 Å². The van der Waals surface area contributed by atoms with Gasteiger partial charge in [0.15, 0.2) is 0 Å². The Labute approximate surface area is 212 Å². The fourth-order valence-corrected chi connectivity index (χ4v) is 4.95. The van der Waals surface area contributed by atoms with Crippen molar-refractivity contribution in [2.75, 3.05) is 0 Å². The predicted octanol–water partition coefficient (Wildman–Crippen LogP) is 11.1. The largest absolute Gasteiger partial charge is 0.0985 e. The quantitative estimate of drug-likeness (QED) is 0.147. The summed E-state index contributed by atoms with van der Waals surface area (Å²) in [6.45, 7) is 8.43.